The molecule has 15 nitrogen and oxygen atoms in total. The Labute approximate surface area is 351 Å². The van der Waals surface area contributed by atoms with E-state index in [1.165, 1.54) is 40.2 Å². The van der Waals surface area contributed by atoms with Gasteiger partial charge in [-0.25, -0.2) is 9.79 Å². The van der Waals surface area contributed by atoms with E-state index in [-0.39, 0.29) is 49.6 Å². The summed E-state index contributed by atoms with van der Waals surface area (Å²) in [6.45, 7) is 18.0. The molecule has 2 bridgehead atoms. The van der Waals surface area contributed by atoms with Gasteiger partial charge in [0.1, 0.15) is 39.5 Å². The lowest BCUT2D eigenvalue weighted by atomic mass is 9.78. The highest BCUT2D eigenvalue weighted by Gasteiger charge is 2.42. The standard InChI is InChI=1S/C45H62N4O11/c1-22(2)21-49-18-16-45(17-19-49)47-34-31-32-39(53)28(8)42(58-11)33(31)44(56)59-20-15-30(57-10)25(5)41(60-29(9)50)27(7)38(52)26(6)37(51)23(3)13-12-14-24(4)43(55)46-36(40(32)54)35(34)48-45/h12-15,20,22-23,25-27,30,37-38,41,47,51-54H,16-19,21H2,1-11H3/b13-12+,20-15+,24-14-,46-36?/t23-,25+,26+,27+,30-,37-,38+,41+/m0/s1. The number of phenolic OH excluding ortho intramolecular Hbond substituents is 2. The molecule has 3 aliphatic rings. The molecule has 0 aliphatic carbocycles. The van der Waals surface area contributed by atoms with E-state index >= 15 is 0 Å². The average molecular weight is 835 g/mol. The maximum Gasteiger partial charge on any atom is 0.347 e. The molecule has 5 N–H and O–H groups in total. The first-order valence-corrected chi connectivity index (χ1v) is 20.7. The van der Waals surface area contributed by atoms with Crippen molar-refractivity contribution in [2.45, 2.75) is 105 Å². The van der Waals surface area contributed by atoms with Gasteiger partial charge in [-0.1, -0.05) is 59.8 Å². The molecular formula is C45H62N4O11. The fraction of sp³-hybridized carbons (Fsp3) is 0.578. The summed E-state index contributed by atoms with van der Waals surface area (Å²) in [5.41, 5.74) is -0.408. The summed E-state index contributed by atoms with van der Waals surface area (Å²) in [6, 6.07) is 0. The summed E-state index contributed by atoms with van der Waals surface area (Å²) in [5.74, 6) is -5.12. The van der Waals surface area contributed by atoms with Crippen molar-refractivity contribution < 1.29 is 53.8 Å². The Morgan fingerprint density at radius 3 is 2.23 bits per heavy atom. The number of carbonyl (C=O) groups is 3. The highest BCUT2D eigenvalue weighted by Crippen LogP contribution is 2.47. The fourth-order valence-corrected chi connectivity index (χ4v) is 8.79. The van der Waals surface area contributed by atoms with Crippen molar-refractivity contribution in [1.29, 1.82) is 0 Å². The molecule has 1 amide bonds. The van der Waals surface area contributed by atoms with Crippen LogP contribution in [0.1, 0.15) is 84.2 Å². The van der Waals surface area contributed by atoms with E-state index < -0.39 is 83.1 Å². The molecule has 0 saturated carbocycles. The topological polar surface area (TPSA) is 209 Å². The van der Waals surface area contributed by atoms with Crippen LogP contribution in [0.15, 0.2) is 46.1 Å². The lowest BCUT2D eigenvalue weighted by molar-refractivity contribution is -0.160. The van der Waals surface area contributed by atoms with Crippen LogP contribution in [0.3, 0.4) is 0 Å². The minimum atomic E-state index is -1.13. The minimum Gasteiger partial charge on any atom is -0.507 e. The van der Waals surface area contributed by atoms with Crippen LogP contribution in [-0.2, 0) is 23.8 Å². The van der Waals surface area contributed by atoms with Crippen LogP contribution in [0, 0.1) is 36.5 Å². The highest BCUT2D eigenvalue weighted by molar-refractivity contribution is 6.16. The van der Waals surface area contributed by atoms with E-state index in [2.05, 4.69) is 29.1 Å². The van der Waals surface area contributed by atoms with Gasteiger partial charge in [-0.3, -0.25) is 14.6 Å². The molecule has 1 spiro atoms. The minimum absolute atomic E-state index is 0.00807. The van der Waals surface area contributed by atoms with Gasteiger partial charge in [0.15, 0.2) is 5.75 Å². The maximum atomic E-state index is 14.4. The number of likely N-dealkylation sites (tertiary alicyclic amines) is 1. The van der Waals surface area contributed by atoms with Crippen LogP contribution in [0.2, 0.25) is 0 Å². The Morgan fingerprint density at radius 2 is 1.63 bits per heavy atom. The maximum absolute atomic E-state index is 14.4. The van der Waals surface area contributed by atoms with Gasteiger partial charge >= 0.3 is 11.9 Å². The summed E-state index contributed by atoms with van der Waals surface area (Å²) in [7, 11) is 2.79. The van der Waals surface area contributed by atoms with Crippen molar-refractivity contribution in [2.24, 2.45) is 39.6 Å². The van der Waals surface area contributed by atoms with E-state index in [1.807, 2.05) is 0 Å². The number of anilines is 1. The second-order valence-corrected chi connectivity index (χ2v) is 17.1. The van der Waals surface area contributed by atoms with Crippen LogP contribution in [0.25, 0.3) is 10.8 Å². The number of rotatable bonds is 5. The number of hydrogen-bond donors (Lipinski definition) is 5. The molecule has 1 fully saturated rings. The third kappa shape index (κ3) is 9.24. The monoisotopic (exact) mass is 834 g/mol. The Morgan fingerprint density at radius 1 is 0.967 bits per heavy atom. The van der Waals surface area contributed by atoms with Gasteiger partial charge in [0.25, 0.3) is 5.91 Å². The van der Waals surface area contributed by atoms with Crippen molar-refractivity contribution in [3.8, 4) is 17.2 Å². The van der Waals surface area contributed by atoms with Crippen LogP contribution in [0.5, 0.6) is 17.2 Å². The lowest BCUT2D eigenvalue weighted by Gasteiger charge is -2.38. The summed E-state index contributed by atoms with van der Waals surface area (Å²) in [6.07, 6.45) is 4.75. The van der Waals surface area contributed by atoms with Gasteiger partial charge < -0.3 is 49.6 Å². The van der Waals surface area contributed by atoms with Crippen LogP contribution in [-0.4, -0.2) is 107 Å². The first kappa shape index (κ1) is 46.2. The lowest BCUT2D eigenvalue weighted by Crippen LogP contribution is -2.47. The zero-order valence-corrected chi connectivity index (χ0v) is 36.6. The number of aliphatic hydroxyl groups is 2. The number of ether oxygens (including phenoxy) is 4. The number of piperidine rings is 1. The van der Waals surface area contributed by atoms with Gasteiger partial charge in [0, 0.05) is 86.7 Å². The Bertz CT molecular complexity index is 2190. The van der Waals surface area contributed by atoms with Crippen molar-refractivity contribution in [3.05, 3.63) is 58.0 Å². The molecule has 3 heterocycles. The third-order valence-electron chi connectivity index (χ3n) is 12.3. The van der Waals surface area contributed by atoms with E-state index in [4.69, 9.17) is 23.9 Å². The number of nitrogens with zero attached hydrogens (tertiary/aromatic N) is 3. The predicted molar refractivity (Wildman–Crippen MR) is 225 cm³/mol. The molecule has 0 aromatic heterocycles. The predicted octanol–water partition coefficient (Wildman–Crippen LogP) is 4.61. The van der Waals surface area contributed by atoms with E-state index in [0.29, 0.717) is 31.8 Å². The van der Waals surface area contributed by atoms with Crippen LogP contribution < -0.4 is 20.8 Å². The third-order valence-corrected chi connectivity index (χ3v) is 12.3. The second kappa shape index (κ2) is 18.8. The number of benzene rings is 2. The number of aromatic hydroxyl groups is 2. The largest absolute Gasteiger partial charge is 0.507 e. The van der Waals surface area contributed by atoms with Gasteiger partial charge in [0.2, 0.25) is 0 Å². The zero-order valence-electron chi connectivity index (χ0n) is 36.6. The Balaban J connectivity index is 1.77. The fourth-order valence-electron chi connectivity index (χ4n) is 8.79. The van der Waals surface area contributed by atoms with Gasteiger partial charge in [0.05, 0.1) is 42.8 Å². The van der Waals surface area contributed by atoms with E-state index in [9.17, 15) is 34.8 Å². The van der Waals surface area contributed by atoms with Crippen molar-refractivity contribution in [1.82, 2.24) is 4.90 Å². The average Bonchev–Trinajstić information content (AvgIpc) is 3.58. The molecule has 328 valence electrons. The molecule has 2 aromatic carbocycles. The number of phenols is 2. The molecule has 3 aliphatic heterocycles. The molecule has 0 radical (unpaired) electrons. The number of carbonyl (C=O) groups excluding carboxylic acids is 3. The number of allylic oxidation sites excluding steroid dienone is 2. The first-order chi connectivity index (χ1) is 28.3. The molecule has 0 unspecified atom stereocenters. The van der Waals surface area contributed by atoms with Crippen molar-refractivity contribution >= 4 is 34.3 Å². The van der Waals surface area contributed by atoms with Gasteiger partial charge in [-0.2, -0.15) is 0 Å². The smallest absolute Gasteiger partial charge is 0.347 e. The molecular weight excluding hydrogens is 773 g/mol. The summed E-state index contributed by atoms with van der Waals surface area (Å²) >= 11 is 0. The Hall–Kier alpha value is -4.83. The van der Waals surface area contributed by atoms with Crippen molar-refractivity contribution in [3.63, 3.8) is 0 Å². The molecule has 60 heavy (non-hydrogen) atoms. The summed E-state index contributed by atoms with van der Waals surface area (Å²) in [4.78, 5) is 52.5. The number of amides is 1. The first-order valence-electron chi connectivity index (χ1n) is 20.7. The number of cyclic esters (lactones) is 1. The molecule has 2 aromatic rings. The Kier molecular flexibility index (Phi) is 14.5. The van der Waals surface area contributed by atoms with Crippen molar-refractivity contribution in [2.75, 3.05) is 39.2 Å². The molecule has 8 atom stereocenters. The molecule has 5 rings (SSSR count). The second-order valence-electron chi connectivity index (χ2n) is 17.1. The summed E-state index contributed by atoms with van der Waals surface area (Å²) < 4.78 is 23.1. The van der Waals surface area contributed by atoms with Gasteiger partial charge in [-0.15, -0.1) is 0 Å². The number of methoxy groups -OCH3 is 2. The quantitative estimate of drug-likeness (QED) is 0.206. The summed E-state index contributed by atoms with van der Waals surface area (Å²) in [5, 5.41) is 50.1. The van der Waals surface area contributed by atoms with Crippen LogP contribution in [0.4, 0.5) is 5.69 Å². The number of nitrogens with one attached hydrogen (secondary N) is 1. The number of hydrogen-bond acceptors (Lipinski definition) is 14. The van der Waals surface area contributed by atoms with Gasteiger partial charge in [-0.05, 0) is 25.8 Å². The SMILES string of the molecule is COc1c(C)c(O)c2c(O)c3c4c(c2c1C(=O)O/C=C/[C@H](OC)[C@@H](C)[C@@H](OC(C)=O)[C@H](C)[C@H](O)[C@H](C)[C@@H](O)[C@@H](C)/C=C/C=C(/C)C(=O)N=3)NC1(CCN(CC(C)C)CC1)N=4. The normalized spacial score (nSPS) is 29.9. The zero-order chi connectivity index (χ0) is 44.4. The van der Waals surface area contributed by atoms with E-state index in [0.717, 1.165) is 12.8 Å². The molecule has 15 heteroatoms. The molecule has 1 saturated heterocycles. The van der Waals surface area contributed by atoms with E-state index in [1.54, 1.807) is 46.8 Å². The number of esters is 2. The number of aliphatic hydroxyl groups excluding tert-OH is 2. The van der Waals surface area contributed by atoms with Crippen LogP contribution >= 0.6 is 0 Å². The highest BCUT2D eigenvalue weighted by atomic mass is 16.5.